The summed E-state index contributed by atoms with van der Waals surface area (Å²) in [6, 6.07) is 0. The van der Waals surface area contributed by atoms with Crippen LogP contribution in [0.1, 0.15) is 46.5 Å². The standard InChI is InChI=1S/C15H31N3/c1-5-13-6-7-15(10-13,11-16)18-9-8-17(4)14(2,3)12-18/h13H,5-12,16H2,1-4H3. The van der Waals surface area contributed by atoms with Crippen LogP contribution in [0.3, 0.4) is 0 Å². The molecular weight excluding hydrogens is 222 g/mol. The van der Waals surface area contributed by atoms with Gasteiger partial charge in [0.05, 0.1) is 0 Å². The molecule has 1 heterocycles. The zero-order valence-electron chi connectivity index (χ0n) is 12.7. The van der Waals surface area contributed by atoms with Gasteiger partial charge in [0.2, 0.25) is 0 Å². The molecule has 0 aromatic heterocycles. The number of piperazine rings is 1. The van der Waals surface area contributed by atoms with E-state index in [2.05, 4.69) is 37.6 Å². The summed E-state index contributed by atoms with van der Waals surface area (Å²) in [5.74, 6) is 0.899. The van der Waals surface area contributed by atoms with Crippen LogP contribution in [0.5, 0.6) is 0 Å². The van der Waals surface area contributed by atoms with Crippen LogP contribution in [0.15, 0.2) is 0 Å². The number of likely N-dealkylation sites (N-methyl/N-ethyl adjacent to an activating group) is 1. The smallest absolute Gasteiger partial charge is 0.0335 e. The third kappa shape index (κ3) is 2.45. The predicted octanol–water partition coefficient (Wildman–Crippen LogP) is 1.92. The Labute approximate surface area is 113 Å². The first-order chi connectivity index (χ1) is 8.43. The minimum Gasteiger partial charge on any atom is -0.329 e. The summed E-state index contributed by atoms with van der Waals surface area (Å²) in [6.07, 6.45) is 5.32. The Bertz CT molecular complexity index is 289. The fraction of sp³-hybridized carbons (Fsp3) is 1.00. The molecule has 0 radical (unpaired) electrons. The summed E-state index contributed by atoms with van der Waals surface area (Å²) >= 11 is 0. The average molecular weight is 253 g/mol. The number of rotatable bonds is 3. The first-order valence-corrected chi connectivity index (χ1v) is 7.60. The van der Waals surface area contributed by atoms with E-state index in [1.807, 2.05) is 0 Å². The van der Waals surface area contributed by atoms with E-state index in [9.17, 15) is 0 Å². The Hall–Kier alpha value is -0.120. The van der Waals surface area contributed by atoms with Crippen molar-refractivity contribution in [1.82, 2.24) is 9.80 Å². The van der Waals surface area contributed by atoms with Crippen molar-refractivity contribution in [2.45, 2.75) is 57.5 Å². The molecule has 106 valence electrons. The van der Waals surface area contributed by atoms with Gasteiger partial charge in [0.1, 0.15) is 0 Å². The Morgan fingerprint density at radius 1 is 1.28 bits per heavy atom. The highest BCUT2D eigenvalue weighted by Gasteiger charge is 2.45. The molecule has 1 aliphatic carbocycles. The van der Waals surface area contributed by atoms with E-state index in [1.54, 1.807) is 0 Å². The van der Waals surface area contributed by atoms with Gasteiger partial charge >= 0.3 is 0 Å². The zero-order valence-corrected chi connectivity index (χ0v) is 12.7. The van der Waals surface area contributed by atoms with Gasteiger partial charge in [-0.25, -0.2) is 0 Å². The predicted molar refractivity (Wildman–Crippen MR) is 77.7 cm³/mol. The lowest BCUT2D eigenvalue weighted by molar-refractivity contribution is -0.0212. The molecule has 0 spiro atoms. The fourth-order valence-electron chi connectivity index (χ4n) is 3.81. The van der Waals surface area contributed by atoms with Crippen LogP contribution >= 0.6 is 0 Å². The zero-order chi connectivity index (χ0) is 13.4. The Balaban J connectivity index is 2.10. The molecule has 0 amide bonds. The summed E-state index contributed by atoms with van der Waals surface area (Å²) in [5, 5.41) is 0. The second-order valence-corrected chi connectivity index (χ2v) is 7.10. The molecule has 0 bridgehead atoms. The van der Waals surface area contributed by atoms with Gasteiger partial charge in [-0.05, 0) is 46.1 Å². The van der Waals surface area contributed by atoms with E-state index in [4.69, 9.17) is 5.73 Å². The summed E-state index contributed by atoms with van der Waals surface area (Å²) in [5.41, 5.74) is 6.77. The summed E-state index contributed by atoms with van der Waals surface area (Å²) < 4.78 is 0. The lowest BCUT2D eigenvalue weighted by Crippen LogP contribution is -2.65. The van der Waals surface area contributed by atoms with Crippen molar-refractivity contribution in [3.05, 3.63) is 0 Å². The molecule has 1 saturated carbocycles. The molecule has 1 aliphatic heterocycles. The van der Waals surface area contributed by atoms with E-state index < -0.39 is 0 Å². The van der Waals surface area contributed by atoms with Gasteiger partial charge in [-0.15, -0.1) is 0 Å². The van der Waals surface area contributed by atoms with E-state index in [0.717, 1.165) is 19.0 Å². The highest BCUT2D eigenvalue weighted by Crippen LogP contribution is 2.41. The van der Waals surface area contributed by atoms with Crippen LogP contribution in [0.4, 0.5) is 0 Å². The maximum atomic E-state index is 6.18. The number of hydrogen-bond donors (Lipinski definition) is 1. The second kappa shape index (κ2) is 5.10. The van der Waals surface area contributed by atoms with E-state index in [1.165, 1.54) is 38.8 Å². The molecule has 0 aromatic carbocycles. The molecule has 2 atom stereocenters. The first kappa shape index (κ1) is 14.3. The Kier molecular flexibility index (Phi) is 4.05. The van der Waals surface area contributed by atoms with Crippen LogP contribution in [0, 0.1) is 5.92 Å². The van der Waals surface area contributed by atoms with Crippen molar-refractivity contribution >= 4 is 0 Å². The maximum absolute atomic E-state index is 6.18. The number of nitrogens with zero attached hydrogens (tertiary/aromatic N) is 2. The highest BCUT2D eigenvalue weighted by atomic mass is 15.3. The molecule has 1 saturated heterocycles. The van der Waals surface area contributed by atoms with Crippen LogP contribution in [-0.4, -0.2) is 54.1 Å². The third-order valence-corrected chi connectivity index (χ3v) is 5.63. The molecule has 0 aromatic rings. The Morgan fingerprint density at radius 3 is 2.50 bits per heavy atom. The van der Waals surface area contributed by atoms with Gasteiger partial charge in [-0.3, -0.25) is 9.80 Å². The van der Waals surface area contributed by atoms with Gasteiger partial charge in [0.15, 0.2) is 0 Å². The topological polar surface area (TPSA) is 32.5 Å². The molecule has 2 N–H and O–H groups in total. The molecule has 18 heavy (non-hydrogen) atoms. The molecular formula is C15H31N3. The van der Waals surface area contributed by atoms with Crippen molar-refractivity contribution in [1.29, 1.82) is 0 Å². The van der Waals surface area contributed by atoms with Crippen molar-refractivity contribution in [3.63, 3.8) is 0 Å². The second-order valence-electron chi connectivity index (χ2n) is 7.10. The van der Waals surface area contributed by atoms with Gasteiger partial charge in [-0.1, -0.05) is 13.3 Å². The highest BCUT2D eigenvalue weighted by molar-refractivity contribution is 5.03. The van der Waals surface area contributed by atoms with E-state index >= 15 is 0 Å². The average Bonchev–Trinajstić information content (AvgIpc) is 2.77. The van der Waals surface area contributed by atoms with Crippen molar-refractivity contribution in [2.75, 3.05) is 33.2 Å². The fourth-order valence-corrected chi connectivity index (χ4v) is 3.81. The van der Waals surface area contributed by atoms with Crippen LogP contribution < -0.4 is 5.73 Å². The van der Waals surface area contributed by atoms with Gasteiger partial charge in [0, 0.05) is 37.3 Å². The first-order valence-electron chi connectivity index (χ1n) is 7.60. The molecule has 2 unspecified atom stereocenters. The minimum absolute atomic E-state index is 0.282. The quantitative estimate of drug-likeness (QED) is 0.834. The molecule has 3 heteroatoms. The van der Waals surface area contributed by atoms with Crippen LogP contribution in [0.2, 0.25) is 0 Å². The molecule has 2 aliphatic rings. The SMILES string of the molecule is CCC1CCC(CN)(N2CCN(C)C(C)(C)C2)C1. The lowest BCUT2D eigenvalue weighted by atomic mass is 9.88. The number of hydrogen-bond acceptors (Lipinski definition) is 3. The molecule has 2 rings (SSSR count). The van der Waals surface area contributed by atoms with Gasteiger partial charge in [-0.2, -0.15) is 0 Å². The molecule has 3 nitrogen and oxygen atoms in total. The summed E-state index contributed by atoms with van der Waals surface area (Å²) in [4.78, 5) is 5.20. The van der Waals surface area contributed by atoms with Crippen LogP contribution in [-0.2, 0) is 0 Å². The van der Waals surface area contributed by atoms with Crippen molar-refractivity contribution < 1.29 is 0 Å². The maximum Gasteiger partial charge on any atom is 0.0335 e. The minimum atomic E-state index is 0.282. The van der Waals surface area contributed by atoms with E-state index in [-0.39, 0.29) is 5.54 Å². The normalized spacial score (nSPS) is 38.2. The summed E-state index contributed by atoms with van der Waals surface area (Å²) in [6.45, 7) is 11.4. The monoisotopic (exact) mass is 253 g/mol. The lowest BCUT2D eigenvalue weighted by Gasteiger charge is -2.52. The van der Waals surface area contributed by atoms with Crippen molar-refractivity contribution in [3.8, 4) is 0 Å². The Morgan fingerprint density at radius 2 is 2.00 bits per heavy atom. The third-order valence-electron chi connectivity index (χ3n) is 5.63. The summed E-state index contributed by atoms with van der Waals surface area (Å²) in [7, 11) is 2.25. The molecule has 2 fully saturated rings. The van der Waals surface area contributed by atoms with Gasteiger partial charge < -0.3 is 5.73 Å². The van der Waals surface area contributed by atoms with E-state index in [0.29, 0.717) is 5.54 Å². The van der Waals surface area contributed by atoms with Crippen molar-refractivity contribution in [2.24, 2.45) is 11.7 Å². The number of nitrogens with two attached hydrogens (primary N) is 1. The van der Waals surface area contributed by atoms with Crippen LogP contribution in [0.25, 0.3) is 0 Å². The van der Waals surface area contributed by atoms with Gasteiger partial charge in [0.25, 0.3) is 0 Å². The largest absolute Gasteiger partial charge is 0.329 e.